The Morgan fingerprint density at radius 3 is 2.80 bits per heavy atom. The van der Waals surface area contributed by atoms with E-state index in [0.29, 0.717) is 28.8 Å². The molecule has 2 heterocycles. The van der Waals surface area contributed by atoms with E-state index in [1.807, 2.05) is 0 Å². The fourth-order valence-corrected chi connectivity index (χ4v) is 2.68. The maximum atomic E-state index is 13.7. The van der Waals surface area contributed by atoms with Gasteiger partial charge in [-0.1, -0.05) is 23.2 Å². The first-order valence-corrected chi connectivity index (χ1v) is 6.73. The van der Waals surface area contributed by atoms with Gasteiger partial charge in [-0.25, -0.2) is 4.90 Å². The molecular weight excluding hydrogens is 304 g/mol. The van der Waals surface area contributed by atoms with Crippen LogP contribution in [0.1, 0.15) is 5.56 Å². The van der Waals surface area contributed by atoms with Crippen LogP contribution in [0.25, 0.3) is 0 Å². The average molecular weight is 314 g/mol. The van der Waals surface area contributed by atoms with Gasteiger partial charge in [0, 0.05) is 11.6 Å². The maximum Gasteiger partial charge on any atom is 0.262 e. The molecule has 0 bridgehead atoms. The summed E-state index contributed by atoms with van der Waals surface area (Å²) in [5.41, 5.74) is 1.23. The molecular formula is C13H10Cl2FN3O. The molecule has 0 fully saturated rings. The Labute approximate surface area is 125 Å². The van der Waals surface area contributed by atoms with Gasteiger partial charge in [0.05, 0.1) is 23.3 Å². The topological polar surface area (TPSA) is 35.9 Å². The number of anilines is 1. The van der Waals surface area contributed by atoms with E-state index in [0.717, 1.165) is 11.6 Å². The number of aliphatic imine (C=N–C) groups is 1. The molecule has 0 aromatic heterocycles. The highest BCUT2D eigenvalue weighted by atomic mass is 35.5. The number of hydrogen-bond donors (Lipinski definition) is 0. The standard InChI is InChI=1S/C13H10Cl2FN3O/c1-7-4-10(9(15)5-8(7)14)19-12(20)6-11(16)18-3-2-17-13(18)19/h4-6H,2-3H2,1H3. The van der Waals surface area contributed by atoms with Gasteiger partial charge in [-0.15, -0.1) is 0 Å². The van der Waals surface area contributed by atoms with Crippen LogP contribution in [0.3, 0.4) is 0 Å². The first-order valence-electron chi connectivity index (χ1n) is 5.98. The van der Waals surface area contributed by atoms with Crippen molar-refractivity contribution in [3.8, 4) is 0 Å². The Hall–Kier alpha value is -1.59. The van der Waals surface area contributed by atoms with Crippen LogP contribution in [0, 0.1) is 6.92 Å². The van der Waals surface area contributed by atoms with Gasteiger partial charge in [0.2, 0.25) is 11.9 Å². The van der Waals surface area contributed by atoms with Gasteiger partial charge in [-0.2, -0.15) is 4.39 Å². The summed E-state index contributed by atoms with van der Waals surface area (Å²) in [6.07, 6.45) is 0.935. The molecule has 0 atom stereocenters. The smallest absolute Gasteiger partial charge is 0.262 e. The SMILES string of the molecule is Cc1cc(N2C(=O)C=C(F)N3CCN=C32)c(Cl)cc1Cl. The third-order valence-electron chi connectivity index (χ3n) is 3.21. The fourth-order valence-electron chi connectivity index (χ4n) is 2.21. The second-order valence-corrected chi connectivity index (χ2v) is 5.34. The van der Waals surface area contributed by atoms with E-state index in [-0.39, 0.29) is 5.96 Å². The van der Waals surface area contributed by atoms with Gasteiger partial charge in [0.1, 0.15) is 0 Å². The Morgan fingerprint density at radius 2 is 2.05 bits per heavy atom. The minimum atomic E-state index is -0.593. The summed E-state index contributed by atoms with van der Waals surface area (Å²) in [7, 11) is 0. The van der Waals surface area contributed by atoms with Crippen molar-refractivity contribution in [3.63, 3.8) is 0 Å². The lowest BCUT2D eigenvalue weighted by atomic mass is 10.2. The van der Waals surface area contributed by atoms with Crippen molar-refractivity contribution in [2.45, 2.75) is 6.92 Å². The largest absolute Gasteiger partial charge is 0.286 e. The molecule has 0 N–H and O–H groups in total. The van der Waals surface area contributed by atoms with Crippen molar-refractivity contribution in [1.29, 1.82) is 0 Å². The molecule has 0 saturated heterocycles. The van der Waals surface area contributed by atoms with Crippen molar-refractivity contribution < 1.29 is 9.18 Å². The van der Waals surface area contributed by atoms with E-state index in [4.69, 9.17) is 23.2 Å². The van der Waals surface area contributed by atoms with E-state index in [2.05, 4.69) is 4.99 Å². The first-order chi connectivity index (χ1) is 9.49. The van der Waals surface area contributed by atoms with Crippen LogP contribution >= 0.6 is 23.2 Å². The summed E-state index contributed by atoms with van der Waals surface area (Å²) >= 11 is 12.2. The normalized spacial score (nSPS) is 18.1. The number of amides is 1. The number of halogens is 3. The molecule has 0 saturated carbocycles. The monoisotopic (exact) mass is 313 g/mol. The number of aryl methyl sites for hydroxylation is 1. The summed E-state index contributed by atoms with van der Waals surface area (Å²) in [5.74, 6) is -0.842. The van der Waals surface area contributed by atoms with Crippen molar-refractivity contribution in [2.75, 3.05) is 18.0 Å². The van der Waals surface area contributed by atoms with Gasteiger partial charge in [-0.3, -0.25) is 14.7 Å². The fraction of sp³-hybridized carbons (Fsp3) is 0.231. The van der Waals surface area contributed by atoms with Crippen LogP contribution in [0.5, 0.6) is 0 Å². The number of fused-ring (bicyclic) bond motifs is 1. The molecule has 104 valence electrons. The molecule has 1 aromatic rings. The van der Waals surface area contributed by atoms with Crippen molar-refractivity contribution in [3.05, 3.63) is 39.8 Å². The summed E-state index contributed by atoms with van der Waals surface area (Å²) in [4.78, 5) is 18.9. The van der Waals surface area contributed by atoms with E-state index < -0.39 is 11.9 Å². The molecule has 0 radical (unpaired) electrons. The predicted octanol–water partition coefficient (Wildman–Crippen LogP) is 3.13. The zero-order valence-corrected chi connectivity index (χ0v) is 12.0. The van der Waals surface area contributed by atoms with Crippen molar-refractivity contribution in [2.24, 2.45) is 4.99 Å². The molecule has 2 aliphatic heterocycles. The molecule has 2 aliphatic rings. The van der Waals surface area contributed by atoms with E-state index >= 15 is 0 Å². The molecule has 3 rings (SSSR count). The Morgan fingerprint density at radius 1 is 1.30 bits per heavy atom. The molecule has 0 spiro atoms. The molecule has 20 heavy (non-hydrogen) atoms. The third-order valence-corrected chi connectivity index (χ3v) is 3.92. The molecule has 4 nitrogen and oxygen atoms in total. The van der Waals surface area contributed by atoms with Crippen molar-refractivity contribution in [1.82, 2.24) is 4.90 Å². The van der Waals surface area contributed by atoms with Gasteiger partial charge < -0.3 is 0 Å². The van der Waals surface area contributed by atoms with Gasteiger partial charge >= 0.3 is 0 Å². The van der Waals surface area contributed by atoms with Gasteiger partial charge in [-0.05, 0) is 24.6 Å². The summed E-state index contributed by atoms with van der Waals surface area (Å²) in [6, 6.07) is 3.26. The Kier molecular flexibility index (Phi) is 3.18. The number of rotatable bonds is 1. The number of benzene rings is 1. The van der Waals surface area contributed by atoms with E-state index in [9.17, 15) is 9.18 Å². The zero-order valence-electron chi connectivity index (χ0n) is 10.5. The molecule has 1 aromatic carbocycles. The number of carbonyl (C=O) groups excluding carboxylic acids is 1. The molecule has 0 aliphatic carbocycles. The molecule has 1 amide bonds. The van der Waals surface area contributed by atoms with Gasteiger partial charge in [0.15, 0.2) is 0 Å². The quantitative estimate of drug-likeness (QED) is 0.747. The van der Waals surface area contributed by atoms with Crippen LogP contribution < -0.4 is 4.90 Å². The van der Waals surface area contributed by atoms with Crippen LogP contribution in [0.2, 0.25) is 10.0 Å². The number of carbonyl (C=O) groups is 1. The van der Waals surface area contributed by atoms with Crippen LogP contribution in [0.15, 0.2) is 29.2 Å². The average Bonchev–Trinajstić information content (AvgIpc) is 2.84. The van der Waals surface area contributed by atoms with E-state index in [1.165, 1.54) is 9.80 Å². The number of hydrogen-bond acceptors (Lipinski definition) is 3. The van der Waals surface area contributed by atoms with Crippen LogP contribution in [0.4, 0.5) is 10.1 Å². The van der Waals surface area contributed by atoms with Gasteiger partial charge in [0.25, 0.3) is 5.91 Å². The minimum absolute atomic E-state index is 0.263. The number of guanidine groups is 1. The highest BCUT2D eigenvalue weighted by molar-refractivity contribution is 6.38. The summed E-state index contributed by atoms with van der Waals surface area (Å²) in [6.45, 7) is 2.65. The minimum Gasteiger partial charge on any atom is -0.286 e. The van der Waals surface area contributed by atoms with Crippen LogP contribution in [-0.2, 0) is 4.79 Å². The lowest BCUT2D eigenvalue weighted by Gasteiger charge is -2.31. The lowest BCUT2D eigenvalue weighted by molar-refractivity contribution is -0.113. The Balaban J connectivity index is 2.14. The van der Waals surface area contributed by atoms with E-state index in [1.54, 1.807) is 19.1 Å². The highest BCUT2D eigenvalue weighted by Gasteiger charge is 2.36. The lowest BCUT2D eigenvalue weighted by Crippen LogP contribution is -2.48. The number of nitrogens with zero attached hydrogens (tertiary/aromatic N) is 3. The zero-order chi connectivity index (χ0) is 14.4. The second-order valence-electron chi connectivity index (χ2n) is 4.53. The maximum absolute atomic E-state index is 13.7. The van der Waals surface area contributed by atoms with Crippen molar-refractivity contribution >= 4 is 40.8 Å². The van der Waals surface area contributed by atoms with Crippen LogP contribution in [-0.4, -0.2) is 29.9 Å². The predicted molar refractivity (Wildman–Crippen MR) is 76.9 cm³/mol. The summed E-state index contributed by atoms with van der Waals surface area (Å²) in [5, 5.41) is 0.828. The highest BCUT2D eigenvalue weighted by Crippen LogP contribution is 2.35. The third kappa shape index (κ3) is 1.98. The molecule has 0 unspecified atom stereocenters. The first kappa shape index (κ1) is 13.4. The second kappa shape index (κ2) is 4.75. The summed E-state index contributed by atoms with van der Waals surface area (Å²) < 4.78 is 13.7. The Bertz CT molecular complexity index is 672. The molecule has 7 heteroatoms.